The Bertz CT molecular complexity index is 2070. The molecule has 0 aliphatic heterocycles. The van der Waals surface area contributed by atoms with Gasteiger partial charge >= 0.3 is 0 Å². The number of rotatable bonds is 4. The summed E-state index contributed by atoms with van der Waals surface area (Å²) >= 11 is 0. The minimum absolute atomic E-state index is 0.464. The van der Waals surface area contributed by atoms with E-state index in [2.05, 4.69) is 41.0 Å². The van der Waals surface area contributed by atoms with Gasteiger partial charge < -0.3 is 0 Å². The molecule has 2 aromatic heterocycles. The summed E-state index contributed by atoms with van der Waals surface area (Å²) in [5, 5.41) is 21.9. The maximum absolute atomic E-state index is 9.86. The van der Waals surface area contributed by atoms with Crippen molar-refractivity contribution in [2.24, 2.45) is 0 Å². The summed E-state index contributed by atoms with van der Waals surface area (Å²) in [4.78, 5) is 10.0. The predicted octanol–water partition coefficient (Wildman–Crippen LogP) is 8.32. The Balaban J connectivity index is 1.56. The van der Waals surface area contributed by atoms with Crippen LogP contribution in [0.4, 0.5) is 0 Å². The van der Waals surface area contributed by atoms with Crippen molar-refractivity contribution in [2.45, 2.75) is 0 Å². The molecule has 0 radical (unpaired) electrons. The highest BCUT2D eigenvalue weighted by molar-refractivity contribution is 6.10. The van der Waals surface area contributed by atoms with Gasteiger partial charge in [0.2, 0.25) is 0 Å². The van der Waals surface area contributed by atoms with Gasteiger partial charge in [-0.1, -0.05) is 97.1 Å². The van der Waals surface area contributed by atoms with Crippen LogP contribution in [0.1, 0.15) is 11.1 Å². The molecule has 2 heterocycles. The van der Waals surface area contributed by atoms with Gasteiger partial charge in [0.15, 0.2) is 5.82 Å². The summed E-state index contributed by atoms with van der Waals surface area (Å²) < 4.78 is 2.15. The summed E-state index contributed by atoms with van der Waals surface area (Å²) in [5.41, 5.74) is 7.04. The van der Waals surface area contributed by atoms with Crippen molar-refractivity contribution in [3.8, 4) is 51.7 Å². The van der Waals surface area contributed by atoms with Crippen LogP contribution in [0.15, 0.2) is 127 Å². The third-order valence-electron chi connectivity index (χ3n) is 7.31. The standard InChI is InChI=1S/C36H21N5/c37-22-27-14-9-15-28(23-38)35(27)26-18-19-30-29-16-7-8-17-32(29)41(33(30)20-26)34-21-31(24-10-3-1-4-11-24)39-36(40-34)25-12-5-2-6-13-25/h1-21H. The SMILES string of the molecule is N#Cc1cccc(C#N)c1-c1ccc2c3ccccc3n(-c3cc(-c4ccccc4)nc(-c4ccccc4)n3)c2c1. The highest BCUT2D eigenvalue weighted by Crippen LogP contribution is 2.37. The zero-order chi connectivity index (χ0) is 27.8. The lowest BCUT2D eigenvalue weighted by Gasteiger charge is -2.13. The second-order valence-corrected chi connectivity index (χ2v) is 9.70. The van der Waals surface area contributed by atoms with E-state index < -0.39 is 0 Å². The van der Waals surface area contributed by atoms with Crippen LogP contribution in [0.25, 0.3) is 61.4 Å². The van der Waals surface area contributed by atoms with E-state index >= 15 is 0 Å². The molecule has 0 fully saturated rings. The summed E-state index contributed by atoms with van der Waals surface area (Å²) in [5.74, 6) is 1.36. The van der Waals surface area contributed by atoms with Gasteiger partial charge in [0.1, 0.15) is 5.82 Å². The topological polar surface area (TPSA) is 78.3 Å². The van der Waals surface area contributed by atoms with Crippen molar-refractivity contribution < 1.29 is 0 Å². The number of hydrogen-bond acceptors (Lipinski definition) is 4. The third kappa shape index (κ3) is 4.10. The molecule has 0 bridgehead atoms. The number of para-hydroxylation sites is 1. The Morgan fingerprint density at radius 1 is 0.512 bits per heavy atom. The van der Waals surface area contributed by atoms with Crippen LogP contribution in [0.5, 0.6) is 0 Å². The Kier molecular flexibility index (Phi) is 5.82. The smallest absolute Gasteiger partial charge is 0.162 e. The van der Waals surface area contributed by atoms with Gasteiger partial charge in [-0.2, -0.15) is 10.5 Å². The molecule has 0 spiro atoms. The number of fused-ring (bicyclic) bond motifs is 3. The second-order valence-electron chi connectivity index (χ2n) is 9.70. The number of nitriles is 2. The first-order valence-electron chi connectivity index (χ1n) is 13.2. The first-order chi connectivity index (χ1) is 20.2. The highest BCUT2D eigenvalue weighted by Gasteiger charge is 2.18. The fourth-order valence-corrected chi connectivity index (χ4v) is 5.44. The summed E-state index contributed by atoms with van der Waals surface area (Å²) in [6.07, 6.45) is 0. The fraction of sp³-hybridized carbons (Fsp3) is 0. The lowest BCUT2D eigenvalue weighted by molar-refractivity contribution is 1.05. The van der Waals surface area contributed by atoms with Crippen molar-refractivity contribution in [1.82, 2.24) is 14.5 Å². The predicted molar refractivity (Wildman–Crippen MR) is 162 cm³/mol. The number of nitrogens with zero attached hydrogens (tertiary/aromatic N) is 5. The first-order valence-corrected chi connectivity index (χ1v) is 13.2. The minimum Gasteiger partial charge on any atom is -0.294 e. The molecule has 0 amide bonds. The van der Waals surface area contributed by atoms with Crippen molar-refractivity contribution in [2.75, 3.05) is 0 Å². The van der Waals surface area contributed by atoms with Gasteiger partial charge in [-0.05, 0) is 29.8 Å². The van der Waals surface area contributed by atoms with Gasteiger partial charge in [-0.15, -0.1) is 0 Å². The van der Waals surface area contributed by atoms with Crippen molar-refractivity contribution >= 4 is 21.8 Å². The van der Waals surface area contributed by atoms with Crippen LogP contribution >= 0.6 is 0 Å². The molecular weight excluding hydrogens is 502 g/mol. The quantitative estimate of drug-likeness (QED) is 0.232. The Morgan fingerprint density at radius 3 is 1.85 bits per heavy atom. The van der Waals surface area contributed by atoms with Gasteiger partial charge in [-0.25, -0.2) is 9.97 Å². The Morgan fingerprint density at radius 2 is 1.15 bits per heavy atom. The summed E-state index contributed by atoms with van der Waals surface area (Å²) in [6, 6.07) is 46.2. The molecule has 0 unspecified atom stereocenters. The fourth-order valence-electron chi connectivity index (χ4n) is 5.44. The van der Waals surface area contributed by atoms with E-state index in [0.29, 0.717) is 22.5 Å². The molecule has 41 heavy (non-hydrogen) atoms. The number of aromatic nitrogens is 3. The van der Waals surface area contributed by atoms with E-state index in [-0.39, 0.29) is 0 Å². The summed E-state index contributed by atoms with van der Waals surface area (Å²) in [7, 11) is 0. The van der Waals surface area contributed by atoms with E-state index in [1.165, 1.54) is 0 Å². The molecule has 0 saturated carbocycles. The molecule has 5 aromatic carbocycles. The van der Waals surface area contributed by atoms with Crippen LogP contribution in [-0.2, 0) is 0 Å². The number of hydrogen-bond donors (Lipinski definition) is 0. The average molecular weight is 524 g/mol. The zero-order valence-corrected chi connectivity index (χ0v) is 21.9. The summed E-state index contributed by atoms with van der Waals surface area (Å²) in [6.45, 7) is 0. The Labute approximate surface area is 236 Å². The molecule has 7 aromatic rings. The molecule has 5 heteroatoms. The highest BCUT2D eigenvalue weighted by atomic mass is 15.1. The normalized spacial score (nSPS) is 10.9. The molecule has 0 atom stereocenters. The van der Waals surface area contributed by atoms with E-state index in [0.717, 1.165) is 50.0 Å². The molecule has 0 aliphatic carbocycles. The zero-order valence-electron chi connectivity index (χ0n) is 21.9. The Hall–Kier alpha value is -6.04. The maximum atomic E-state index is 9.86. The largest absolute Gasteiger partial charge is 0.294 e. The monoisotopic (exact) mass is 523 g/mol. The lowest BCUT2D eigenvalue weighted by atomic mass is 9.94. The van der Waals surface area contributed by atoms with Crippen LogP contribution < -0.4 is 0 Å². The minimum atomic E-state index is 0.464. The van der Waals surface area contributed by atoms with Gasteiger partial charge in [0.25, 0.3) is 0 Å². The van der Waals surface area contributed by atoms with Crippen molar-refractivity contribution in [1.29, 1.82) is 10.5 Å². The van der Waals surface area contributed by atoms with Crippen molar-refractivity contribution in [3.63, 3.8) is 0 Å². The van der Waals surface area contributed by atoms with E-state index in [4.69, 9.17) is 9.97 Å². The van der Waals surface area contributed by atoms with Crippen LogP contribution in [0, 0.1) is 22.7 Å². The molecule has 0 aliphatic rings. The van der Waals surface area contributed by atoms with Gasteiger partial charge in [-0.3, -0.25) is 4.57 Å². The molecule has 5 nitrogen and oxygen atoms in total. The molecule has 0 N–H and O–H groups in total. The third-order valence-corrected chi connectivity index (χ3v) is 7.31. The molecular formula is C36H21N5. The molecule has 190 valence electrons. The van der Waals surface area contributed by atoms with Crippen LogP contribution in [0.2, 0.25) is 0 Å². The first kappa shape index (κ1) is 24.0. The van der Waals surface area contributed by atoms with E-state index in [9.17, 15) is 10.5 Å². The van der Waals surface area contributed by atoms with Gasteiger partial charge in [0, 0.05) is 33.5 Å². The van der Waals surface area contributed by atoms with Gasteiger partial charge in [0.05, 0.1) is 40.0 Å². The molecule has 0 saturated heterocycles. The molecule has 7 rings (SSSR count). The van der Waals surface area contributed by atoms with Crippen LogP contribution in [0.3, 0.4) is 0 Å². The van der Waals surface area contributed by atoms with E-state index in [1.54, 1.807) is 18.2 Å². The maximum Gasteiger partial charge on any atom is 0.162 e. The van der Waals surface area contributed by atoms with E-state index in [1.807, 2.05) is 84.9 Å². The second kappa shape index (κ2) is 9.93. The number of benzene rings is 5. The average Bonchev–Trinajstić information content (AvgIpc) is 3.38. The van der Waals surface area contributed by atoms with Crippen LogP contribution in [-0.4, -0.2) is 14.5 Å². The van der Waals surface area contributed by atoms with Crippen molar-refractivity contribution in [3.05, 3.63) is 139 Å². The lowest BCUT2D eigenvalue weighted by Crippen LogP contribution is -2.02.